The van der Waals surface area contributed by atoms with Gasteiger partial charge in [-0.1, -0.05) is 19.3 Å². The number of thiophene rings is 1. The van der Waals surface area contributed by atoms with Crippen LogP contribution in [0, 0.1) is 12.8 Å². The van der Waals surface area contributed by atoms with E-state index in [9.17, 15) is 5.11 Å². The topological polar surface area (TPSA) is 20.2 Å². The lowest BCUT2D eigenvalue weighted by Crippen LogP contribution is -2.33. The highest BCUT2D eigenvalue weighted by Gasteiger charge is 2.35. The van der Waals surface area contributed by atoms with Gasteiger partial charge in [0.1, 0.15) is 0 Å². The lowest BCUT2D eigenvalue weighted by Gasteiger charge is -2.36. The molecule has 1 saturated carbocycles. The zero-order chi connectivity index (χ0) is 10.9. The lowest BCUT2D eigenvalue weighted by molar-refractivity contribution is -0.0216. The fourth-order valence-electron chi connectivity index (χ4n) is 2.79. The van der Waals surface area contributed by atoms with E-state index in [0.717, 1.165) is 5.56 Å². The van der Waals surface area contributed by atoms with Crippen molar-refractivity contribution in [1.82, 2.24) is 0 Å². The summed E-state index contributed by atoms with van der Waals surface area (Å²) in [6.45, 7) is 4.11. The number of aliphatic hydroxyl groups is 1. The average molecular weight is 224 g/mol. The fraction of sp³-hybridized carbons (Fsp3) is 0.692. The highest BCUT2D eigenvalue weighted by molar-refractivity contribution is 7.10. The van der Waals surface area contributed by atoms with Crippen molar-refractivity contribution in [3.63, 3.8) is 0 Å². The predicted molar refractivity (Wildman–Crippen MR) is 65.2 cm³/mol. The molecule has 0 bridgehead atoms. The molecular weight excluding hydrogens is 204 g/mol. The van der Waals surface area contributed by atoms with Crippen LogP contribution in [-0.4, -0.2) is 5.11 Å². The van der Waals surface area contributed by atoms with Crippen LogP contribution in [0.2, 0.25) is 0 Å². The van der Waals surface area contributed by atoms with Gasteiger partial charge in [0.05, 0.1) is 5.60 Å². The van der Waals surface area contributed by atoms with Crippen LogP contribution < -0.4 is 0 Å². The van der Waals surface area contributed by atoms with Gasteiger partial charge in [0, 0.05) is 4.88 Å². The predicted octanol–water partition coefficient (Wildman–Crippen LogP) is 3.84. The Balaban J connectivity index is 2.21. The van der Waals surface area contributed by atoms with Crippen molar-refractivity contribution in [3.05, 3.63) is 21.9 Å². The molecule has 2 heteroatoms. The van der Waals surface area contributed by atoms with Gasteiger partial charge in [-0.05, 0) is 49.6 Å². The van der Waals surface area contributed by atoms with Gasteiger partial charge in [0.2, 0.25) is 0 Å². The van der Waals surface area contributed by atoms with Gasteiger partial charge in [0.25, 0.3) is 0 Å². The van der Waals surface area contributed by atoms with Gasteiger partial charge in [-0.25, -0.2) is 0 Å². The SMILES string of the molecule is Cc1sccc1C(C)(O)C1CCCCC1. The quantitative estimate of drug-likeness (QED) is 0.809. The summed E-state index contributed by atoms with van der Waals surface area (Å²) >= 11 is 1.74. The molecule has 0 aromatic carbocycles. The van der Waals surface area contributed by atoms with Gasteiger partial charge in [-0.2, -0.15) is 0 Å². The molecule has 1 N–H and O–H groups in total. The van der Waals surface area contributed by atoms with Crippen LogP contribution in [0.15, 0.2) is 11.4 Å². The van der Waals surface area contributed by atoms with Crippen molar-refractivity contribution in [2.45, 2.75) is 51.6 Å². The molecule has 1 nitrogen and oxygen atoms in total. The highest BCUT2D eigenvalue weighted by Crippen LogP contribution is 2.41. The van der Waals surface area contributed by atoms with Gasteiger partial charge in [0.15, 0.2) is 0 Å². The largest absolute Gasteiger partial charge is 0.385 e. The Morgan fingerprint density at radius 3 is 2.53 bits per heavy atom. The molecule has 1 aliphatic rings. The summed E-state index contributed by atoms with van der Waals surface area (Å²) in [5.41, 5.74) is 0.546. The Hall–Kier alpha value is -0.340. The molecule has 1 heterocycles. The Morgan fingerprint density at radius 1 is 1.33 bits per heavy atom. The number of rotatable bonds is 2. The summed E-state index contributed by atoms with van der Waals surface area (Å²) < 4.78 is 0. The molecule has 1 atom stereocenters. The minimum Gasteiger partial charge on any atom is -0.385 e. The second-order valence-corrected chi connectivity index (χ2v) is 5.99. The van der Waals surface area contributed by atoms with Crippen LogP contribution >= 0.6 is 11.3 Å². The summed E-state index contributed by atoms with van der Waals surface area (Å²) in [7, 11) is 0. The minimum absolute atomic E-state index is 0.458. The summed E-state index contributed by atoms with van der Waals surface area (Å²) in [4.78, 5) is 1.27. The summed E-state index contributed by atoms with van der Waals surface area (Å²) in [6, 6.07) is 2.09. The van der Waals surface area contributed by atoms with E-state index >= 15 is 0 Å². The van der Waals surface area contributed by atoms with Crippen LogP contribution in [0.5, 0.6) is 0 Å². The van der Waals surface area contributed by atoms with Crippen LogP contribution in [-0.2, 0) is 5.60 Å². The van der Waals surface area contributed by atoms with E-state index in [1.165, 1.54) is 37.0 Å². The van der Waals surface area contributed by atoms with Crippen molar-refractivity contribution in [1.29, 1.82) is 0 Å². The average Bonchev–Trinajstić information content (AvgIpc) is 2.66. The van der Waals surface area contributed by atoms with Crippen LogP contribution in [0.1, 0.15) is 49.5 Å². The first-order valence-electron chi connectivity index (χ1n) is 5.89. The first-order valence-corrected chi connectivity index (χ1v) is 6.77. The molecule has 0 saturated heterocycles. The van der Waals surface area contributed by atoms with E-state index in [4.69, 9.17) is 0 Å². The first-order chi connectivity index (χ1) is 7.12. The number of aryl methyl sites for hydroxylation is 1. The first kappa shape index (κ1) is 11.2. The highest BCUT2D eigenvalue weighted by atomic mass is 32.1. The molecule has 1 fully saturated rings. The van der Waals surface area contributed by atoms with Crippen molar-refractivity contribution < 1.29 is 5.11 Å². The van der Waals surface area contributed by atoms with E-state index in [0.29, 0.717) is 5.92 Å². The maximum absolute atomic E-state index is 10.7. The third-order valence-corrected chi connectivity index (χ3v) is 4.65. The molecule has 1 aromatic heterocycles. The molecular formula is C13H20OS. The molecule has 84 valence electrons. The Kier molecular flexibility index (Phi) is 3.17. The van der Waals surface area contributed by atoms with E-state index in [1.54, 1.807) is 11.3 Å². The number of hydrogen-bond donors (Lipinski definition) is 1. The third kappa shape index (κ3) is 2.11. The second-order valence-electron chi connectivity index (χ2n) is 4.87. The molecule has 1 aromatic rings. The van der Waals surface area contributed by atoms with Crippen LogP contribution in [0.3, 0.4) is 0 Å². The monoisotopic (exact) mass is 224 g/mol. The Morgan fingerprint density at radius 2 is 2.00 bits per heavy atom. The normalized spacial score (nSPS) is 22.6. The van der Waals surface area contributed by atoms with Crippen molar-refractivity contribution in [2.24, 2.45) is 5.92 Å². The zero-order valence-corrected chi connectivity index (χ0v) is 10.4. The molecule has 0 amide bonds. The van der Waals surface area contributed by atoms with E-state index < -0.39 is 5.60 Å². The van der Waals surface area contributed by atoms with E-state index in [1.807, 2.05) is 6.92 Å². The van der Waals surface area contributed by atoms with Gasteiger partial charge < -0.3 is 5.11 Å². The van der Waals surface area contributed by atoms with Crippen molar-refractivity contribution >= 4 is 11.3 Å². The van der Waals surface area contributed by atoms with Gasteiger partial charge in [-0.3, -0.25) is 0 Å². The van der Waals surface area contributed by atoms with Crippen molar-refractivity contribution in [2.75, 3.05) is 0 Å². The maximum Gasteiger partial charge on any atom is 0.0907 e. The standard InChI is InChI=1S/C13H20OS/c1-10-12(8-9-15-10)13(2,14)11-6-4-3-5-7-11/h8-9,11,14H,3-7H2,1-2H3. The Bertz CT molecular complexity index is 321. The Labute approximate surface area is 96.1 Å². The molecule has 2 rings (SSSR count). The second kappa shape index (κ2) is 4.26. The van der Waals surface area contributed by atoms with Crippen LogP contribution in [0.25, 0.3) is 0 Å². The molecule has 0 radical (unpaired) electrons. The third-order valence-electron chi connectivity index (χ3n) is 3.80. The molecule has 0 spiro atoms. The lowest BCUT2D eigenvalue weighted by atomic mass is 9.74. The molecule has 15 heavy (non-hydrogen) atoms. The van der Waals surface area contributed by atoms with E-state index in [2.05, 4.69) is 18.4 Å². The number of hydrogen-bond acceptors (Lipinski definition) is 2. The fourth-order valence-corrected chi connectivity index (χ4v) is 3.60. The summed E-state index contributed by atoms with van der Waals surface area (Å²) in [5.74, 6) is 0.458. The van der Waals surface area contributed by atoms with Gasteiger partial charge in [-0.15, -0.1) is 11.3 Å². The smallest absolute Gasteiger partial charge is 0.0907 e. The van der Waals surface area contributed by atoms with Crippen LogP contribution in [0.4, 0.5) is 0 Å². The minimum atomic E-state index is -0.607. The zero-order valence-electron chi connectivity index (χ0n) is 9.62. The summed E-state index contributed by atoms with van der Waals surface area (Å²) in [6.07, 6.45) is 6.27. The maximum atomic E-state index is 10.7. The molecule has 0 aliphatic heterocycles. The molecule has 1 unspecified atom stereocenters. The van der Waals surface area contributed by atoms with Gasteiger partial charge >= 0.3 is 0 Å². The van der Waals surface area contributed by atoms with Crippen molar-refractivity contribution in [3.8, 4) is 0 Å². The van der Waals surface area contributed by atoms with E-state index in [-0.39, 0.29) is 0 Å². The summed E-state index contributed by atoms with van der Waals surface area (Å²) in [5, 5.41) is 12.8. The molecule has 1 aliphatic carbocycles.